The van der Waals surface area contributed by atoms with Crippen LogP contribution in [0.15, 0.2) is 65.3 Å². The Morgan fingerprint density at radius 2 is 1.93 bits per heavy atom. The lowest BCUT2D eigenvalue weighted by Gasteiger charge is -2.10. The molecule has 3 aromatic rings. The molecule has 3 N–H and O–H groups in total. The summed E-state index contributed by atoms with van der Waals surface area (Å²) in [6, 6.07) is 15.4. The third kappa shape index (κ3) is 5.76. The van der Waals surface area contributed by atoms with Crippen molar-refractivity contribution in [2.75, 3.05) is 24.3 Å². The molecule has 1 heterocycles. The molecule has 29 heavy (non-hydrogen) atoms. The highest BCUT2D eigenvalue weighted by atomic mass is 35.5. The average Bonchev–Trinajstić information content (AvgIpc) is 3.24. The molecule has 0 aliphatic rings. The normalized spacial score (nSPS) is 10.3. The number of ether oxygens (including phenoxy) is 1. The topological polar surface area (TPSA) is 92.6 Å². The van der Waals surface area contributed by atoms with Gasteiger partial charge in [0.05, 0.1) is 31.5 Å². The number of benzene rings is 2. The van der Waals surface area contributed by atoms with Gasteiger partial charge < -0.3 is 25.1 Å². The zero-order chi connectivity index (χ0) is 20.6. The van der Waals surface area contributed by atoms with Crippen molar-refractivity contribution >= 4 is 34.8 Å². The molecule has 1 aromatic heterocycles. The fourth-order valence-corrected chi connectivity index (χ4v) is 2.84. The van der Waals surface area contributed by atoms with Gasteiger partial charge in [-0.25, -0.2) is 0 Å². The second-order valence-corrected chi connectivity index (χ2v) is 6.50. The van der Waals surface area contributed by atoms with Gasteiger partial charge in [-0.3, -0.25) is 9.59 Å². The van der Waals surface area contributed by atoms with Crippen LogP contribution in [-0.4, -0.2) is 25.5 Å². The standard InChI is InChI=1S/C21H20ClN3O4/c1-28-19-8-7-15(11-18(19)22)23-13-20(26)25-16-5-2-4-14(10-16)21(27)24-12-17-6-3-9-29-17/h2-11,23H,12-13H2,1H3,(H,24,27)(H,25,26). The van der Waals surface area contributed by atoms with Gasteiger partial charge in [-0.1, -0.05) is 17.7 Å². The molecule has 0 atom stereocenters. The molecule has 0 aliphatic heterocycles. The van der Waals surface area contributed by atoms with Crippen molar-refractivity contribution in [3.63, 3.8) is 0 Å². The maximum Gasteiger partial charge on any atom is 0.251 e. The minimum atomic E-state index is -0.261. The SMILES string of the molecule is COc1ccc(NCC(=O)Nc2cccc(C(=O)NCc3ccco3)c2)cc1Cl. The van der Waals surface area contributed by atoms with Crippen LogP contribution in [0.4, 0.5) is 11.4 Å². The van der Waals surface area contributed by atoms with Crippen LogP contribution < -0.4 is 20.7 Å². The Morgan fingerprint density at radius 1 is 1.07 bits per heavy atom. The molecule has 3 rings (SSSR count). The smallest absolute Gasteiger partial charge is 0.251 e. The molecule has 0 aliphatic carbocycles. The van der Waals surface area contributed by atoms with E-state index in [2.05, 4.69) is 16.0 Å². The first-order valence-corrected chi connectivity index (χ1v) is 9.21. The van der Waals surface area contributed by atoms with E-state index in [-0.39, 0.29) is 24.9 Å². The van der Waals surface area contributed by atoms with Crippen LogP contribution in [0, 0.1) is 0 Å². The maximum absolute atomic E-state index is 12.3. The first-order chi connectivity index (χ1) is 14.0. The summed E-state index contributed by atoms with van der Waals surface area (Å²) in [5.41, 5.74) is 1.65. The van der Waals surface area contributed by atoms with Crippen LogP contribution in [0.3, 0.4) is 0 Å². The van der Waals surface area contributed by atoms with E-state index in [1.54, 1.807) is 60.9 Å². The number of furan rings is 1. The predicted molar refractivity (Wildman–Crippen MR) is 111 cm³/mol. The summed E-state index contributed by atoms with van der Waals surface area (Å²) in [7, 11) is 1.53. The van der Waals surface area contributed by atoms with Gasteiger partial charge in [-0.15, -0.1) is 0 Å². The van der Waals surface area contributed by atoms with Gasteiger partial charge in [-0.2, -0.15) is 0 Å². The minimum absolute atomic E-state index is 0.0393. The molecule has 0 spiro atoms. The summed E-state index contributed by atoms with van der Waals surface area (Å²) in [4.78, 5) is 24.5. The van der Waals surface area contributed by atoms with Gasteiger partial charge in [-0.05, 0) is 48.5 Å². The van der Waals surface area contributed by atoms with Crippen LogP contribution in [0.2, 0.25) is 5.02 Å². The highest BCUT2D eigenvalue weighted by Gasteiger charge is 2.09. The van der Waals surface area contributed by atoms with Crippen molar-refractivity contribution in [1.29, 1.82) is 0 Å². The molecular weight excluding hydrogens is 394 g/mol. The first-order valence-electron chi connectivity index (χ1n) is 8.83. The number of carbonyl (C=O) groups excluding carboxylic acids is 2. The van der Waals surface area contributed by atoms with E-state index in [0.717, 1.165) is 0 Å². The molecular formula is C21H20ClN3O4. The Hall–Kier alpha value is -3.45. The number of amides is 2. The summed E-state index contributed by atoms with van der Waals surface area (Å²) >= 11 is 6.07. The molecule has 0 fully saturated rings. The number of rotatable bonds is 8. The Kier molecular flexibility index (Phi) is 6.76. The van der Waals surface area contributed by atoms with Crippen molar-refractivity contribution in [3.05, 3.63) is 77.2 Å². The number of hydrogen-bond donors (Lipinski definition) is 3. The molecule has 8 heteroatoms. The van der Waals surface area contributed by atoms with E-state index < -0.39 is 0 Å². The van der Waals surface area contributed by atoms with E-state index in [1.165, 1.54) is 7.11 Å². The van der Waals surface area contributed by atoms with Crippen molar-refractivity contribution in [3.8, 4) is 5.75 Å². The van der Waals surface area contributed by atoms with Gasteiger partial charge >= 0.3 is 0 Å². The highest BCUT2D eigenvalue weighted by molar-refractivity contribution is 6.32. The zero-order valence-electron chi connectivity index (χ0n) is 15.7. The Balaban J connectivity index is 1.53. The van der Waals surface area contributed by atoms with Crippen LogP contribution in [0.5, 0.6) is 5.75 Å². The van der Waals surface area contributed by atoms with Gasteiger partial charge in [0.25, 0.3) is 5.91 Å². The number of nitrogens with one attached hydrogen (secondary N) is 3. The first kappa shape index (κ1) is 20.3. The Morgan fingerprint density at radius 3 is 2.66 bits per heavy atom. The van der Waals surface area contributed by atoms with E-state index in [4.69, 9.17) is 20.8 Å². The molecule has 2 aromatic carbocycles. The Bertz CT molecular complexity index is 989. The third-order valence-electron chi connectivity index (χ3n) is 4.02. The minimum Gasteiger partial charge on any atom is -0.495 e. The summed E-state index contributed by atoms with van der Waals surface area (Å²) in [5, 5.41) is 8.96. The lowest BCUT2D eigenvalue weighted by atomic mass is 10.2. The monoisotopic (exact) mass is 413 g/mol. The number of hydrogen-bond acceptors (Lipinski definition) is 5. The highest BCUT2D eigenvalue weighted by Crippen LogP contribution is 2.27. The number of halogens is 1. The molecule has 0 saturated carbocycles. The number of carbonyl (C=O) groups is 2. The van der Waals surface area contributed by atoms with Gasteiger partial charge in [0.15, 0.2) is 0 Å². The molecule has 0 bridgehead atoms. The van der Waals surface area contributed by atoms with E-state index in [0.29, 0.717) is 33.5 Å². The predicted octanol–water partition coefficient (Wildman–Crippen LogP) is 3.92. The molecule has 0 saturated heterocycles. The summed E-state index contributed by atoms with van der Waals surface area (Å²) in [6.45, 7) is 0.328. The van der Waals surface area contributed by atoms with E-state index >= 15 is 0 Å². The molecule has 0 unspecified atom stereocenters. The quantitative estimate of drug-likeness (QED) is 0.520. The molecule has 7 nitrogen and oxygen atoms in total. The van der Waals surface area contributed by atoms with Crippen molar-refractivity contribution in [1.82, 2.24) is 5.32 Å². The summed E-state index contributed by atoms with van der Waals surface area (Å²) in [6.07, 6.45) is 1.55. The summed E-state index contributed by atoms with van der Waals surface area (Å²) < 4.78 is 10.3. The zero-order valence-corrected chi connectivity index (χ0v) is 16.5. The van der Waals surface area contributed by atoms with Crippen LogP contribution >= 0.6 is 11.6 Å². The second-order valence-electron chi connectivity index (χ2n) is 6.09. The summed E-state index contributed by atoms with van der Waals surface area (Å²) in [5.74, 6) is 0.699. The molecule has 2 amide bonds. The second kappa shape index (κ2) is 9.66. The van der Waals surface area contributed by atoms with E-state index in [9.17, 15) is 9.59 Å². The van der Waals surface area contributed by atoms with Gasteiger partial charge in [0, 0.05) is 16.9 Å². The maximum atomic E-state index is 12.3. The molecule has 150 valence electrons. The third-order valence-corrected chi connectivity index (χ3v) is 4.31. The van der Waals surface area contributed by atoms with Gasteiger partial charge in [0.1, 0.15) is 11.5 Å². The van der Waals surface area contributed by atoms with Crippen LogP contribution in [-0.2, 0) is 11.3 Å². The lowest BCUT2D eigenvalue weighted by molar-refractivity contribution is -0.114. The van der Waals surface area contributed by atoms with Gasteiger partial charge in [0.2, 0.25) is 5.91 Å². The van der Waals surface area contributed by atoms with Crippen LogP contribution in [0.1, 0.15) is 16.1 Å². The fourth-order valence-electron chi connectivity index (χ4n) is 2.58. The fraction of sp³-hybridized carbons (Fsp3) is 0.143. The Labute approximate surface area is 173 Å². The van der Waals surface area contributed by atoms with Crippen LogP contribution in [0.25, 0.3) is 0 Å². The lowest BCUT2D eigenvalue weighted by Crippen LogP contribution is -2.24. The van der Waals surface area contributed by atoms with Crippen molar-refractivity contribution < 1.29 is 18.7 Å². The van der Waals surface area contributed by atoms with E-state index in [1.807, 2.05) is 0 Å². The van der Waals surface area contributed by atoms with Crippen molar-refractivity contribution in [2.24, 2.45) is 0 Å². The molecule has 0 radical (unpaired) electrons. The largest absolute Gasteiger partial charge is 0.495 e. The number of anilines is 2. The average molecular weight is 414 g/mol. The number of methoxy groups -OCH3 is 1. The van der Waals surface area contributed by atoms with Crippen molar-refractivity contribution in [2.45, 2.75) is 6.54 Å².